The van der Waals surface area contributed by atoms with Gasteiger partial charge in [0.15, 0.2) is 0 Å². The van der Waals surface area contributed by atoms with Crippen LogP contribution in [0.3, 0.4) is 0 Å². The molecule has 0 radical (unpaired) electrons. The summed E-state index contributed by atoms with van der Waals surface area (Å²) in [7, 11) is 0. The lowest BCUT2D eigenvalue weighted by atomic mass is 10.0. The van der Waals surface area contributed by atoms with Crippen molar-refractivity contribution in [3.63, 3.8) is 0 Å². The van der Waals surface area contributed by atoms with Crippen molar-refractivity contribution in [1.29, 1.82) is 0 Å². The maximum atomic E-state index is 5.90. The molecular weight excluding hydrogens is 196 g/mol. The summed E-state index contributed by atoms with van der Waals surface area (Å²) in [5, 5.41) is 8.08. The second-order valence-electron chi connectivity index (χ2n) is 3.93. The number of aromatic nitrogens is 3. The third-order valence-electron chi connectivity index (χ3n) is 1.93. The molecule has 0 saturated heterocycles. The number of rotatable bonds is 5. The van der Waals surface area contributed by atoms with E-state index in [2.05, 4.69) is 16.6 Å². The van der Waals surface area contributed by atoms with E-state index in [0.29, 0.717) is 0 Å². The van der Waals surface area contributed by atoms with Gasteiger partial charge >= 0.3 is 0 Å². The van der Waals surface area contributed by atoms with Crippen LogP contribution in [0.5, 0.6) is 0 Å². The Morgan fingerprint density at radius 1 is 1.57 bits per heavy atom. The zero-order chi connectivity index (χ0) is 10.6. The molecule has 2 N–H and O–H groups in total. The standard InChI is InChI=1S/C9H18N4S/c1-9(2,10)8-7-13(12-11-8)5-4-6-14-3/h7H,4-6,10H2,1-3H3. The molecule has 0 unspecified atom stereocenters. The minimum Gasteiger partial charge on any atom is -0.320 e. The fourth-order valence-corrected chi connectivity index (χ4v) is 1.49. The Bertz CT molecular complexity index is 277. The SMILES string of the molecule is CSCCCn1cc(C(C)(C)N)nn1. The van der Waals surface area contributed by atoms with Gasteiger partial charge in [0.1, 0.15) is 5.69 Å². The van der Waals surface area contributed by atoms with Gasteiger partial charge in [-0.15, -0.1) is 5.10 Å². The van der Waals surface area contributed by atoms with Gasteiger partial charge < -0.3 is 5.73 Å². The van der Waals surface area contributed by atoms with Gasteiger partial charge in [-0.1, -0.05) is 5.21 Å². The summed E-state index contributed by atoms with van der Waals surface area (Å²) in [5.41, 5.74) is 6.36. The van der Waals surface area contributed by atoms with Crippen molar-refractivity contribution >= 4 is 11.8 Å². The molecule has 14 heavy (non-hydrogen) atoms. The zero-order valence-corrected chi connectivity index (χ0v) is 9.84. The van der Waals surface area contributed by atoms with Gasteiger partial charge in [-0.05, 0) is 32.3 Å². The molecule has 0 fully saturated rings. The highest BCUT2D eigenvalue weighted by Gasteiger charge is 2.17. The molecule has 0 aliphatic rings. The molecule has 80 valence electrons. The fraction of sp³-hybridized carbons (Fsp3) is 0.778. The third-order valence-corrected chi connectivity index (χ3v) is 2.63. The molecule has 1 aromatic heterocycles. The zero-order valence-electron chi connectivity index (χ0n) is 9.03. The molecular formula is C9H18N4S. The second-order valence-corrected chi connectivity index (χ2v) is 4.92. The minimum absolute atomic E-state index is 0.391. The lowest BCUT2D eigenvalue weighted by Crippen LogP contribution is -2.29. The first-order valence-electron chi connectivity index (χ1n) is 4.72. The summed E-state index contributed by atoms with van der Waals surface area (Å²) in [6.45, 7) is 4.79. The smallest absolute Gasteiger partial charge is 0.102 e. The van der Waals surface area contributed by atoms with Crippen molar-refractivity contribution in [2.45, 2.75) is 32.4 Å². The van der Waals surface area contributed by atoms with E-state index >= 15 is 0 Å². The molecule has 0 aliphatic heterocycles. The molecule has 0 bridgehead atoms. The quantitative estimate of drug-likeness (QED) is 0.749. The Labute approximate surface area is 89.2 Å². The first-order chi connectivity index (χ1) is 6.54. The molecule has 0 aliphatic carbocycles. The lowest BCUT2D eigenvalue weighted by Gasteiger charge is -2.13. The molecule has 0 aromatic carbocycles. The van der Waals surface area contributed by atoms with Gasteiger partial charge in [0, 0.05) is 6.54 Å². The molecule has 5 heteroatoms. The molecule has 1 heterocycles. The van der Waals surface area contributed by atoms with Gasteiger partial charge in [-0.3, -0.25) is 4.68 Å². The van der Waals surface area contributed by atoms with Gasteiger partial charge in [-0.25, -0.2) is 0 Å². The van der Waals surface area contributed by atoms with Crippen LogP contribution in [-0.2, 0) is 12.1 Å². The highest BCUT2D eigenvalue weighted by atomic mass is 32.2. The summed E-state index contributed by atoms with van der Waals surface area (Å²) in [6.07, 6.45) is 5.16. The molecule has 0 saturated carbocycles. The molecule has 1 aromatic rings. The van der Waals surface area contributed by atoms with Crippen LogP contribution in [0.1, 0.15) is 26.0 Å². The Balaban J connectivity index is 2.51. The predicted molar refractivity (Wildman–Crippen MR) is 60.2 cm³/mol. The maximum absolute atomic E-state index is 5.90. The van der Waals surface area contributed by atoms with Gasteiger partial charge in [0.2, 0.25) is 0 Å². The first kappa shape index (κ1) is 11.5. The third kappa shape index (κ3) is 3.31. The minimum atomic E-state index is -0.391. The normalized spacial score (nSPS) is 12.0. The number of hydrogen-bond acceptors (Lipinski definition) is 4. The second kappa shape index (κ2) is 4.79. The van der Waals surface area contributed by atoms with E-state index in [-0.39, 0.29) is 0 Å². The predicted octanol–water partition coefficient (Wildman–Crippen LogP) is 1.22. The number of thioether (sulfide) groups is 1. The van der Waals surface area contributed by atoms with Gasteiger partial charge in [0.25, 0.3) is 0 Å². The summed E-state index contributed by atoms with van der Waals surface area (Å²) < 4.78 is 1.86. The van der Waals surface area contributed by atoms with Crippen molar-refractivity contribution in [2.75, 3.05) is 12.0 Å². The Hall–Kier alpha value is -0.550. The van der Waals surface area contributed by atoms with E-state index in [1.54, 1.807) is 0 Å². The van der Waals surface area contributed by atoms with Crippen molar-refractivity contribution in [3.8, 4) is 0 Å². The van der Waals surface area contributed by atoms with E-state index < -0.39 is 5.54 Å². The Morgan fingerprint density at radius 3 is 2.79 bits per heavy atom. The van der Waals surface area contributed by atoms with Crippen LogP contribution >= 0.6 is 11.8 Å². The van der Waals surface area contributed by atoms with Crippen LogP contribution < -0.4 is 5.73 Å². The van der Waals surface area contributed by atoms with Crippen LogP contribution in [0, 0.1) is 0 Å². The van der Waals surface area contributed by atoms with Gasteiger partial charge in [-0.2, -0.15) is 11.8 Å². The number of hydrogen-bond donors (Lipinski definition) is 1. The number of nitrogens with two attached hydrogens (primary N) is 1. The van der Waals surface area contributed by atoms with E-state index in [0.717, 1.165) is 24.4 Å². The van der Waals surface area contributed by atoms with E-state index in [1.165, 1.54) is 0 Å². The number of aryl methyl sites for hydroxylation is 1. The summed E-state index contributed by atoms with van der Waals surface area (Å²) in [4.78, 5) is 0. The highest BCUT2D eigenvalue weighted by Crippen LogP contribution is 2.12. The molecule has 0 amide bonds. The van der Waals surface area contributed by atoms with Crippen LogP contribution in [0.25, 0.3) is 0 Å². The fourth-order valence-electron chi connectivity index (χ4n) is 1.07. The maximum Gasteiger partial charge on any atom is 0.102 e. The highest BCUT2D eigenvalue weighted by molar-refractivity contribution is 7.98. The van der Waals surface area contributed by atoms with Crippen molar-refractivity contribution in [2.24, 2.45) is 5.73 Å². The van der Waals surface area contributed by atoms with E-state index in [4.69, 9.17) is 5.73 Å². The van der Waals surface area contributed by atoms with Gasteiger partial charge in [0.05, 0.1) is 11.7 Å². The average Bonchev–Trinajstić information content (AvgIpc) is 2.52. The van der Waals surface area contributed by atoms with Crippen LogP contribution in [-0.4, -0.2) is 27.0 Å². The molecule has 4 nitrogen and oxygen atoms in total. The topological polar surface area (TPSA) is 56.7 Å². The monoisotopic (exact) mass is 214 g/mol. The van der Waals surface area contributed by atoms with Crippen LogP contribution in [0.2, 0.25) is 0 Å². The summed E-state index contributed by atoms with van der Waals surface area (Å²) in [5.74, 6) is 1.15. The lowest BCUT2D eigenvalue weighted by molar-refractivity contribution is 0.533. The molecule has 0 spiro atoms. The van der Waals surface area contributed by atoms with Crippen molar-refractivity contribution < 1.29 is 0 Å². The van der Waals surface area contributed by atoms with Crippen LogP contribution in [0.15, 0.2) is 6.20 Å². The number of nitrogens with zero attached hydrogens (tertiary/aromatic N) is 3. The molecule has 0 atom stereocenters. The molecule has 1 rings (SSSR count). The summed E-state index contributed by atoms with van der Waals surface area (Å²) in [6, 6.07) is 0. The Kier molecular flexibility index (Phi) is 3.95. The summed E-state index contributed by atoms with van der Waals surface area (Å²) >= 11 is 1.85. The van der Waals surface area contributed by atoms with E-state index in [1.807, 2.05) is 36.5 Å². The largest absolute Gasteiger partial charge is 0.320 e. The average molecular weight is 214 g/mol. The Morgan fingerprint density at radius 2 is 2.29 bits per heavy atom. The van der Waals surface area contributed by atoms with Crippen LogP contribution in [0.4, 0.5) is 0 Å². The van der Waals surface area contributed by atoms with Crippen molar-refractivity contribution in [1.82, 2.24) is 15.0 Å². The first-order valence-corrected chi connectivity index (χ1v) is 6.12. The van der Waals surface area contributed by atoms with E-state index in [9.17, 15) is 0 Å². The van der Waals surface area contributed by atoms with Crippen molar-refractivity contribution in [3.05, 3.63) is 11.9 Å².